The predicted molar refractivity (Wildman–Crippen MR) is 69.9 cm³/mol. The van der Waals surface area contributed by atoms with E-state index in [9.17, 15) is 8.42 Å². The second kappa shape index (κ2) is 6.89. The molecule has 0 aromatic carbocycles. The number of sulfonamides is 1. The van der Waals surface area contributed by atoms with Crippen molar-refractivity contribution in [3.05, 3.63) is 18.0 Å². The first-order valence-corrected chi connectivity index (χ1v) is 7.29. The molecule has 0 aliphatic heterocycles. The van der Waals surface area contributed by atoms with E-state index in [1.54, 1.807) is 20.2 Å². The van der Waals surface area contributed by atoms with Gasteiger partial charge < -0.3 is 15.0 Å². The van der Waals surface area contributed by atoms with E-state index in [1.165, 1.54) is 10.5 Å². The smallest absolute Gasteiger partial charge is 0.244 e. The summed E-state index contributed by atoms with van der Waals surface area (Å²) in [6.45, 7) is 4.19. The third-order valence-electron chi connectivity index (χ3n) is 2.60. The summed E-state index contributed by atoms with van der Waals surface area (Å²) in [7, 11) is -0.327. The van der Waals surface area contributed by atoms with Crippen LogP contribution in [-0.4, -0.2) is 51.6 Å². The SMILES string of the molecule is CCNCc1cc(S(=O)(=O)N(C)CCOC)c[nH]1. The van der Waals surface area contributed by atoms with Crippen LogP contribution in [0.2, 0.25) is 0 Å². The van der Waals surface area contributed by atoms with Gasteiger partial charge in [0.25, 0.3) is 0 Å². The lowest BCUT2D eigenvalue weighted by Crippen LogP contribution is -2.29. The average Bonchev–Trinajstić information content (AvgIpc) is 2.82. The summed E-state index contributed by atoms with van der Waals surface area (Å²) in [5.74, 6) is 0. The molecule has 0 saturated carbocycles. The lowest BCUT2D eigenvalue weighted by molar-refractivity contribution is 0.185. The molecule has 1 heterocycles. The van der Waals surface area contributed by atoms with E-state index in [4.69, 9.17) is 4.74 Å². The predicted octanol–water partition coefficient (Wildman–Crippen LogP) is 0.391. The van der Waals surface area contributed by atoms with Crippen molar-refractivity contribution in [1.82, 2.24) is 14.6 Å². The molecule has 7 heteroatoms. The Bertz CT molecular complexity index is 456. The highest BCUT2D eigenvalue weighted by molar-refractivity contribution is 7.89. The maximum absolute atomic E-state index is 12.2. The zero-order valence-corrected chi connectivity index (χ0v) is 11.9. The highest BCUT2D eigenvalue weighted by Gasteiger charge is 2.21. The van der Waals surface area contributed by atoms with Crippen LogP contribution in [0.4, 0.5) is 0 Å². The van der Waals surface area contributed by atoms with Gasteiger partial charge in [0.15, 0.2) is 0 Å². The zero-order chi connectivity index (χ0) is 13.6. The Kier molecular flexibility index (Phi) is 5.80. The van der Waals surface area contributed by atoms with Gasteiger partial charge in [-0.2, -0.15) is 4.31 Å². The maximum Gasteiger partial charge on any atom is 0.244 e. The van der Waals surface area contributed by atoms with Crippen molar-refractivity contribution >= 4 is 10.0 Å². The van der Waals surface area contributed by atoms with Crippen molar-refractivity contribution in [2.75, 3.05) is 33.9 Å². The van der Waals surface area contributed by atoms with Crippen LogP contribution in [0.1, 0.15) is 12.6 Å². The molecule has 0 amide bonds. The molecular formula is C11H21N3O3S. The van der Waals surface area contributed by atoms with E-state index in [-0.39, 0.29) is 4.90 Å². The second-order valence-corrected chi connectivity index (χ2v) is 6.01. The van der Waals surface area contributed by atoms with Crippen LogP contribution < -0.4 is 5.32 Å². The number of nitrogens with one attached hydrogen (secondary N) is 2. The van der Waals surface area contributed by atoms with Crippen molar-refractivity contribution in [3.63, 3.8) is 0 Å². The summed E-state index contributed by atoms with van der Waals surface area (Å²) in [6, 6.07) is 1.65. The number of aromatic nitrogens is 1. The highest BCUT2D eigenvalue weighted by Crippen LogP contribution is 2.15. The van der Waals surface area contributed by atoms with Crippen LogP contribution in [0.25, 0.3) is 0 Å². The molecule has 2 N–H and O–H groups in total. The Labute approximate surface area is 108 Å². The first-order valence-electron chi connectivity index (χ1n) is 5.85. The number of ether oxygens (including phenoxy) is 1. The van der Waals surface area contributed by atoms with Crippen molar-refractivity contribution in [3.8, 4) is 0 Å². The van der Waals surface area contributed by atoms with Gasteiger partial charge >= 0.3 is 0 Å². The van der Waals surface area contributed by atoms with Crippen LogP contribution >= 0.6 is 0 Å². The van der Waals surface area contributed by atoms with Crippen LogP contribution in [0.5, 0.6) is 0 Å². The molecule has 0 spiro atoms. The standard InChI is InChI=1S/C11H21N3O3S/c1-4-12-8-10-7-11(9-13-10)18(15,16)14(2)5-6-17-3/h7,9,12-13H,4-6,8H2,1-3H3. The molecule has 0 bridgehead atoms. The van der Waals surface area contributed by atoms with E-state index < -0.39 is 10.0 Å². The van der Waals surface area contributed by atoms with Gasteiger partial charge in [-0.05, 0) is 12.6 Å². The molecule has 1 aromatic rings. The van der Waals surface area contributed by atoms with Gasteiger partial charge in [-0.25, -0.2) is 8.42 Å². The van der Waals surface area contributed by atoms with Crippen molar-refractivity contribution in [2.45, 2.75) is 18.4 Å². The zero-order valence-electron chi connectivity index (χ0n) is 11.1. The number of hydrogen-bond acceptors (Lipinski definition) is 4. The fourth-order valence-corrected chi connectivity index (χ4v) is 2.62. The average molecular weight is 275 g/mol. The summed E-state index contributed by atoms with van der Waals surface area (Å²) in [5, 5.41) is 3.13. The first kappa shape index (κ1) is 15.2. The quantitative estimate of drug-likeness (QED) is 0.720. The molecule has 0 fully saturated rings. The molecule has 0 atom stereocenters. The molecule has 0 unspecified atom stereocenters. The van der Waals surface area contributed by atoms with Crippen molar-refractivity contribution in [2.24, 2.45) is 0 Å². The third kappa shape index (κ3) is 3.81. The summed E-state index contributed by atoms with van der Waals surface area (Å²) in [6.07, 6.45) is 1.52. The molecule has 0 aliphatic carbocycles. The Morgan fingerprint density at radius 3 is 2.83 bits per heavy atom. The number of aromatic amines is 1. The van der Waals surface area contributed by atoms with Gasteiger partial charge in [0.1, 0.15) is 0 Å². The van der Waals surface area contributed by atoms with E-state index in [2.05, 4.69) is 10.3 Å². The maximum atomic E-state index is 12.2. The molecule has 0 aliphatic rings. The lowest BCUT2D eigenvalue weighted by atomic mass is 10.4. The Morgan fingerprint density at radius 2 is 2.22 bits per heavy atom. The Balaban J connectivity index is 2.75. The number of H-pyrrole nitrogens is 1. The normalized spacial score (nSPS) is 12.2. The Morgan fingerprint density at radius 1 is 1.50 bits per heavy atom. The second-order valence-electron chi connectivity index (χ2n) is 3.96. The van der Waals surface area contributed by atoms with Crippen molar-refractivity contribution in [1.29, 1.82) is 0 Å². The number of nitrogens with zero attached hydrogens (tertiary/aromatic N) is 1. The number of methoxy groups -OCH3 is 1. The Hall–Kier alpha value is -0.890. The largest absolute Gasteiger partial charge is 0.383 e. The number of rotatable bonds is 8. The number of likely N-dealkylation sites (N-methyl/N-ethyl adjacent to an activating group) is 1. The molecule has 0 saturated heterocycles. The fourth-order valence-electron chi connectivity index (χ4n) is 1.45. The van der Waals surface area contributed by atoms with Gasteiger partial charge in [-0.3, -0.25) is 0 Å². The first-order chi connectivity index (χ1) is 8.52. The number of hydrogen-bond donors (Lipinski definition) is 2. The molecule has 6 nitrogen and oxygen atoms in total. The molecular weight excluding hydrogens is 254 g/mol. The highest BCUT2D eigenvalue weighted by atomic mass is 32.2. The van der Waals surface area contributed by atoms with Gasteiger partial charge in [0.05, 0.1) is 11.5 Å². The lowest BCUT2D eigenvalue weighted by Gasteiger charge is -2.15. The van der Waals surface area contributed by atoms with E-state index in [1.807, 2.05) is 6.92 Å². The van der Waals surface area contributed by atoms with Crippen LogP contribution in [0, 0.1) is 0 Å². The van der Waals surface area contributed by atoms with Gasteiger partial charge in [0, 0.05) is 39.1 Å². The van der Waals surface area contributed by atoms with Gasteiger partial charge in [-0.1, -0.05) is 6.92 Å². The summed E-state index contributed by atoms with van der Waals surface area (Å²) in [4.78, 5) is 3.24. The van der Waals surface area contributed by atoms with Crippen LogP contribution in [0.15, 0.2) is 17.2 Å². The van der Waals surface area contributed by atoms with Crippen LogP contribution in [0.3, 0.4) is 0 Å². The molecule has 1 rings (SSSR count). The summed E-state index contributed by atoms with van der Waals surface area (Å²) in [5.41, 5.74) is 0.857. The van der Waals surface area contributed by atoms with E-state index in [0.29, 0.717) is 19.7 Å². The van der Waals surface area contributed by atoms with Gasteiger partial charge in [-0.15, -0.1) is 0 Å². The third-order valence-corrected chi connectivity index (χ3v) is 4.43. The van der Waals surface area contributed by atoms with E-state index >= 15 is 0 Å². The molecule has 1 aromatic heterocycles. The molecule has 0 radical (unpaired) electrons. The minimum absolute atomic E-state index is 0.286. The molecule has 104 valence electrons. The minimum atomic E-state index is -3.42. The van der Waals surface area contributed by atoms with Crippen molar-refractivity contribution < 1.29 is 13.2 Å². The topological polar surface area (TPSA) is 74.4 Å². The van der Waals surface area contributed by atoms with E-state index in [0.717, 1.165) is 12.2 Å². The molecule has 18 heavy (non-hydrogen) atoms. The summed E-state index contributed by atoms with van der Waals surface area (Å²) >= 11 is 0. The van der Waals surface area contributed by atoms with Gasteiger partial charge in [0.2, 0.25) is 10.0 Å². The minimum Gasteiger partial charge on any atom is -0.383 e. The summed E-state index contributed by atoms with van der Waals surface area (Å²) < 4.78 is 30.5. The fraction of sp³-hybridized carbons (Fsp3) is 0.636. The van der Waals surface area contributed by atoms with Crippen LogP contribution in [-0.2, 0) is 21.3 Å². The monoisotopic (exact) mass is 275 g/mol.